The lowest BCUT2D eigenvalue weighted by Crippen LogP contribution is -2.59. The zero-order chi connectivity index (χ0) is 30.9. The van der Waals surface area contributed by atoms with Crippen LogP contribution >= 0.6 is 0 Å². The van der Waals surface area contributed by atoms with Crippen LogP contribution in [-0.2, 0) is 28.8 Å². The van der Waals surface area contributed by atoms with E-state index in [9.17, 15) is 28.8 Å². The van der Waals surface area contributed by atoms with E-state index in [1.54, 1.807) is 7.05 Å². The molecule has 0 aromatic heterocycles. The van der Waals surface area contributed by atoms with Crippen molar-refractivity contribution >= 4 is 35.3 Å². The van der Waals surface area contributed by atoms with E-state index < -0.39 is 41.6 Å². The molecule has 0 radical (unpaired) electrons. The molecule has 0 bridgehead atoms. The van der Waals surface area contributed by atoms with Gasteiger partial charge >= 0.3 is 0 Å². The summed E-state index contributed by atoms with van der Waals surface area (Å²) in [5, 5.41) is 11.4. The summed E-state index contributed by atoms with van der Waals surface area (Å²) in [6.45, 7) is 2.48. The van der Waals surface area contributed by atoms with Gasteiger partial charge in [0, 0.05) is 31.5 Å². The summed E-state index contributed by atoms with van der Waals surface area (Å²) in [5.74, 6) is -3.20. The van der Waals surface area contributed by atoms with Crippen LogP contribution in [-0.4, -0.2) is 78.0 Å². The quantitative estimate of drug-likeness (QED) is 0.224. The van der Waals surface area contributed by atoms with Crippen LogP contribution in [0.15, 0.2) is 0 Å². The molecule has 4 atom stereocenters. The van der Waals surface area contributed by atoms with Gasteiger partial charge in [-0.15, -0.1) is 0 Å². The first kappa shape index (κ1) is 32.9. The Balaban J connectivity index is 1.49. The van der Waals surface area contributed by atoms with Crippen LogP contribution in [0.3, 0.4) is 0 Å². The van der Waals surface area contributed by atoms with Crippen molar-refractivity contribution in [1.29, 1.82) is 0 Å². The minimum Gasteiger partial charge on any atom is -0.356 e. The molecule has 5 amide bonds. The molecule has 4 rings (SSSR count). The summed E-state index contributed by atoms with van der Waals surface area (Å²) in [6.07, 6.45) is 12.4. The van der Waals surface area contributed by atoms with Crippen molar-refractivity contribution in [3.8, 4) is 0 Å². The molecule has 0 spiro atoms. The number of ketones is 1. The second-order valence-corrected chi connectivity index (χ2v) is 13.2. The number of hydrogen-bond acceptors (Lipinski definition) is 6. The second-order valence-electron chi connectivity index (χ2n) is 13.2. The lowest BCUT2D eigenvalue weighted by Gasteiger charge is -2.35. The van der Waals surface area contributed by atoms with Gasteiger partial charge in [0.1, 0.15) is 12.1 Å². The first-order chi connectivity index (χ1) is 20.7. The normalized spacial score (nSPS) is 23.4. The number of likely N-dealkylation sites (N-methyl/N-ethyl adjacent to an activating group) is 1. The minimum atomic E-state index is -1.18. The van der Waals surface area contributed by atoms with E-state index in [-0.39, 0.29) is 42.0 Å². The molecule has 0 aromatic rings. The van der Waals surface area contributed by atoms with Crippen molar-refractivity contribution in [2.24, 2.45) is 17.8 Å². The monoisotopic (exact) mass is 601 g/mol. The van der Waals surface area contributed by atoms with E-state index in [0.29, 0.717) is 25.8 Å². The Kier molecular flexibility index (Phi) is 12.0. The van der Waals surface area contributed by atoms with E-state index in [1.165, 1.54) is 4.90 Å². The highest BCUT2D eigenvalue weighted by Gasteiger charge is 2.40. The molecule has 3 saturated carbocycles. The molecule has 11 heteroatoms. The Labute approximate surface area is 255 Å². The van der Waals surface area contributed by atoms with Crippen LogP contribution in [0.1, 0.15) is 110 Å². The molecule has 1 heterocycles. The van der Waals surface area contributed by atoms with E-state index in [2.05, 4.69) is 21.3 Å². The average Bonchev–Trinajstić information content (AvgIpc) is 3.66. The first-order valence-corrected chi connectivity index (χ1v) is 16.7. The van der Waals surface area contributed by atoms with Crippen LogP contribution in [0.2, 0.25) is 0 Å². The van der Waals surface area contributed by atoms with Gasteiger partial charge < -0.3 is 26.2 Å². The van der Waals surface area contributed by atoms with Crippen molar-refractivity contribution in [2.75, 3.05) is 13.6 Å². The molecular formula is C32H51N5O6. The second kappa shape index (κ2) is 15.7. The maximum Gasteiger partial charge on any atom is 0.289 e. The molecule has 1 saturated heterocycles. The van der Waals surface area contributed by atoms with E-state index in [4.69, 9.17) is 0 Å². The molecule has 3 aliphatic carbocycles. The fourth-order valence-electron chi connectivity index (χ4n) is 6.94. The molecule has 11 nitrogen and oxygen atoms in total. The maximum atomic E-state index is 14.0. The lowest BCUT2D eigenvalue weighted by molar-refractivity contribution is -0.145. The van der Waals surface area contributed by atoms with Gasteiger partial charge in [-0.1, -0.05) is 45.4 Å². The first-order valence-electron chi connectivity index (χ1n) is 16.7. The number of rotatable bonds is 14. The summed E-state index contributed by atoms with van der Waals surface area (Å²) in [6, 6.07) is -2.81. The van der Waals surface area contributed by atoms with E-state index in [1.807, 2.05) is 6.92 Å². The predicted octanol–water partition coefficient (Wildman–Crippen LogP) is 2.12. The fraction of sp³-hybridized carbons (Fsp3) is 0.812. The van der Waals surface area contributed by atoms with Crippen molar-refractivity contribution in [3.05, 3.63) is 0 Å². The molecular weight excluding hydrogens is 550 g/mol. The maximum absolute atomic E-state index is 14.0. The molecule has 240 valence electrons. The standard InChI is InChI=1S/C32H51N5O6/c1-3-10-25(37(2)32(43)26(20-11-7-8-12-20)36-29(40)21-13-5-4-6-14-21)30(41)35-24(19-22-15-9-18-33-28(22)39)27(38)31(42)34-23-16-17-23/h20-26H,3-19H2,1-2H3,(H,33,39)(H,34,42)(H,35,41)(H,36,40)/t22-,24-,25-,26+/m0/s1. The lowest BCUT2D eigenvalue weighted by atomic mass is 9.87. The summed E-state index contributed by atoms with van der Waals surface area (Å²) in [7, 11) is 1.59. The summed E-state index contributed by atoms with van der Waals surface area (Å²) >= 11 is 0. The number of nitrogens with one attached hydrogen (secondary N) is 4. The number of Topliss-reactive ketones (excluding diaryl/α,β-unsaturated/α-hetero) is 1. The Hall–Kier alpha value is -2.98. The minimum absolute atomic E-state index is 0.0121. The highest BCUT2D eigenvalue weighted by molar-refractivity contribution is 6.38. The largest absolute Gasteiger partial charge is 0.356 e. The van der Waals surface area contributed by atoms with Crippen molar-refractivity contribution in [3.63, 3.8) is 0 Å². The van der Waals surface area contributed by atoms with Crippen LogP contribution in [0.5, 0.6) is 0 Å². The summed E-state index contributed by atoms with van der Waals surface area (Å²) < 4.78 is 0. The number of amides is 5. The highest BCUT2D eigenvalue weighted by Crippen LogP contribution is 2.30. The molecule has 4 fully saturated rings. The van der Waals surface area contributed by atoms with Gasteiger partial charge in [-0.3, -0.25) is 28.8 Å². The van der Waals surface area contributed by atoms with Gasteiger partial charge in [0.05, 0.1) is 6.04 Å². The predicted molar refractivity (Wildman–Crippen MR) is 160 cm³/mol. The van der Waals surface area contributed by atoms with Crippen molar-refractivity contribution in [2.45, 2.75) is 134 Å². The van der Waals surface area contributed by atoms with Gasteiger partial charge in [-0.25, -0.2) is 0 Å². The number of carbonyl (C=O) groups is 6. The Morgan fingerprint density at radius 2 is 1.56 bits per heavy atom. The van der Waals surface area contributed by atoms with Gasteiger partial charge in [-0.05, 0) is 70.1 Å². The number of hydrogen-bond donors (Lipinski definition) is 4. The van der Waals surface area contributed by atoms with Gasteiger partial charge in [-0.2, -0.15) is 0 Å². The van der Waals surface area contributed by atoms with Gasteiger partial charge in [0.2, 0.25) is 29.4 Å². The van der Waals surface area contributed by atoms with Crippen LogP contribution in [0, 0.1) is 17.8 Å². The SMILES string of the molecule is CCC[C@@H](C(=O)N[C@@H](C[C@@H]1CCCNC1=O)C(=O)C(=O)NC1CC1)N(C)C(=O)[C@H](NC(=O)C1CCCCC1)C1CCCC1. The summed E-state index contributed by atoms with van der Waals surface area (Å²) in [4.78, 5) is 81.0. The molecule has 0 unspecified atom stereocenters. The smallest absolute Gasteiger partial charge is 0.289 e. The van der Waals surface area contributed by atoms with Crippen molar-refractivity contribution < 1.29 is 28.8 Å². The van der Waals surface area contributed by atoms with Crippen LogP contribution in [0.4, 0.5) is 0 Å². The van der Waals surface area contributed by atoms with E-state index >= 15 is 0 Å². The number of nitrogens with zero attached hydrogens (tertiary/aromatic N) is 1. The zero-order valence-electron chi connectivity index (χ0n) is 26.0. The third kappa shape index (κ3) is 9.01. The summed E-state index contributed by atoms with van der Waals surface area (Å²) in [5.41, 5.74) is 0. The molecule has 43 heavy (non-hydrogen) atoms. The molecule has 4 N–H and O–H groups in total. The average molecular weight is 602 g/mol. The Morgan fingerprint density at radius 1 is 0.884 bits per heavy atom. The Morgan fingerprint density at radius 3 is 2.19 bits per heavy atom. The van der Waals surface area contributed by atoms with Gasteiger partial charge in [0.25, 0.3) is 5.91 Å². The number of piperidine rings is 1. The zero-order valence-corrected chi connectivity index (χ0v) is 26.0. The molecule has 0 aromatic carbocycles. The van der Waals surface area contributed by atoms with Crippen LogP contribution in [0.25, 0.3) is 0 Å². The third-order valence-electron chi connectivity index (χ3n) is 9.78. The van der Waals surface area contributed by atoms with Crippen molar-refractivity contribution in [1.82, 2.24) is 26.2 Å². The number of carbonyl (C=O) groups excluding carboxylic acids is 6. The molecule has 4 aliphatic rings. The third-order valence-corrected chi connectivity index (χ3v) is 9.78. The highest BCUT2D eigenvalue weighted by atomic mass is 16.2. The van der Waals surface area contributed by atoms with E-state index in [0.717, 1.165) is 77.0 Å². The topological polar surface area (TPSA) is 154 Å². The van der Waals surface area contributed by atoms with Crippen LogP contribution < -0.4 is 21.3 Å². The Bertz CT molecular complexity index is 1030. The molecule has 1 aliphatic heterocycles. The van der Waals surface area contributed by atoms with Gasteiger partial charge in [0.15, 0.2) is 0 Å². The fourth-order valence-corrected chi connectivity index (χ4v) is 6.94.